The Morgan fingerprint density at radius 2 is 2.12 bits per heavy atom. The predicted octanol–water partition coefficient (Wildman–Crippen LogP) is 1.61. The Kier molecular flexibility index (Phi) is 5.03. The van der Waals surface area contributed by atoms with Crippen LogP contribution in [0.3, 0.4) is 0 Å². The van der Waals surface area contributed by atoms with E-state index in [0.29, 0.717) is 6.54 Å². The number of thioether (sulfide) groups is 1. The van der Waals surface area contributed by atoms with Crippen LogP contribution in [0.4, 0.5) is 0 Å². The van der Waals surface area contributed by atoms with E-state index in [2.05, 4.69) is 28.5 Å². The Bertz CT molecular complexity index is 416. The van der Waals surface area contributed by atoms with Crippen molar-refractivity contribution < 1.29 is 8.42 Å². The monoisotopic (exact) mass is 277 g/mol. The highest BCUT2D eigenvalue weighted by Gasteiger charge is 2.27. The second kappa shape index (κ2) is 5.88. The molecule has 1 aromatic heterocycles. The van der Waals surface area contributed by atoms with Gasteiger partial charge in [0.1, 0.15) is 0 Å². The smallest absolute Gasteiger partial charge is 0.257 e. The van der Waals surface area contributed by atoms with Crippen molar-refractivity contribution in [3.8, 4) is 0 Å². The van der Waals surface area contributed by atoms with Gasteiger partial charge in [-0.2, -0.15) is 11.8 Å². The van der Waals surface area contributed by atoms with Crippen LogP contribution in [0.25, 0.3) is 0 Å². The van der Waals surface area contributed by atoms with Gasteiger partial charge in [0.15, 0.2) is 5.03 Å². The quantitative estimate of drug-likeness (QED) is 0.794. The first-order valence-electron chi connectivity index (χ1n) is 5.53. The van der Waals surface area contributed by atoms with Gasteiger partial charge in [0.2, 0.25) is 0 Å². The molecule has 0 unspecified atom stereocenters. The number of hydrogen-bond donors (Lipinski definition) is 2. The van der Waals surface area contributed by atoms with E-state index in [1.165, 1.54) is 12.5 Å². The summed E-state index contributed by atoms with van der Waals surface area (Å²) in [5, 5.41) is 0.111. The van der Waals surface area contributed by atoms with Crippen molar-refractivity contribution in [3.05, 3.63) is 12.5 Å². The lowest BCUT2D eigenvalue weighted by Crippen LogP contribution is -2.39. The number of imidazole rings is 1. The van der Waals surface area contributed by atoms with Crippen molar-refractivity contribution in [2.24, 2.45) is 0 Å². The molecule has 1 aromatic rings. The number of rotatable bonds is 7. The first kappa shape index (κ1) is 14.5. The van der Waals surface area contributed by atoms with Crippen LogP contribution in [0.15, 0.2) is 17.6 Å². The largest absolute Gasteiger partial charge is 0.335 e. The van der Waals surface area contributed by atoms with Crippen LogP contribution in [0.5, 0.6) is 0 Å². The molecule has 0 amide bonds. The zero-order chi connectivity index (χ0) is 12.9. The molecule has 2 N–H and O–H groups in total. The standard InChI is InChI=1S/C10H19N3O2S2/c1-4-10(5-2,16-3)7-13-17(14,15)9-6-11-8-12-9/h6,8,13H,4-5,7H2,1-3H3,(H,11,12). The molecule has 0 aliphatic carbocycles. The Labute approximate surface area is 107 Å². The summed E-state index contributed by atoms with van der Waals surface area (Å²) < 4.78 is 26.4. The van der Waals surface area contributed by atoms with Crippen LogP contribution in [0.1, 0.15) is 26.7 Å². The van der Waals surface area contributed by atoms with Gasteiger partial charge in [-0.3, -0.25) is 0 Å². The summed E-state index contributed by atoms with van der Waals surface area (Å²) in [6.07, 6.45) is 6.53. The average Bonchev–Trinajstić information content (AvgIpc) is 2.86. The van der Waals surface area contributed by atoms with Gasteiger partial charge in [-0.05, 0) is 19.1 Å². The van der Waals surface area contributed by atoms with Gasteiger partial charge >= 0.3 is 0 Å². The molecule has 17 heavy (non-hydrogen) atoms. The molecule has 0 fully saturated rings. The molecule has 7 heteroatoms. The van der Waals surface area contributed by atoms with Crippen molar-refractivity contribution in [1.82, 2.24) is 14.7 Å². The zero-order valence-corrected chi connectivity index (χ0v) is 12.0. The molecule has 0 radical (unpaired) electrons. The summed E-state index contributed by atoms with van der Waals surface area (Å²) >= 11 is 1.70. The van der Waals surface area contributed by atoms with E-state index >= 15 is 0 Å². The van der Waals surface area contributed by atoms with Crippen molar-refractivity contribution in [3.63, 3.8) is 0 Å². The SMILES string of the molecule is CCC(CC)(CNS(=O)(=O)c1cnc[nH]1)SC. The highest BCUT2D eigenvalue weighted by Crippen LogP contribution is 2.29. The van der Waals surface area contributed by atoms with Crippen LogP contribution < -0.4 is 4.72 Å². The summed E-state index contributed by atoms with van der Waals surface area (Å²) in [6, 6.07) is 0. The molecule has 98 valence electrons. The molecule has 0 atom stereocenters. The summed E-state index contributed by atoms with van der Waals surface area (Å²) in [5.41, 5.74) is 0. The molecule has 1 rings (SSSR count). The summed E-state index contributed by atoms with van der Waals surface area (Å²) in [7, 11) is -3.46. The Hall–Kier alpha value is -0.530. The molecule has 0 aromatic carbocycles. The normalized spacial score (nSPS) is 12.9. The Morgan fingerprint density at radius 1 is 1.47 bits per heavy atom. The predicted molar refractivity (Wildman–Crippen MR) is 70.6 cm³/mol. The van der Waals surface area contributed by atoms with Gasteiger partial charge in [0, 0.05) is 11.3 Å². The third kappa shape index (κ3) is 3.46. The second-order valence-corrected chi connectivity index (χ2v) is 6.84. The van der Waals surface area contributed by atoms with Gasteiger partial charge in [-0.25, -0.2) is 18.1 Å². The second-order valence-electron chi connectivity index (χ2n) is 3.83. The number of H-pyrrole nitrogens is 1. The topological polar surface area (TPSA) is 74.8 Å². The van der Waals surface area contributed by atoms with E-state index in [4.69, 9.17) is 0 Å². The first-order chi connectivity index (χ1) is 7.99. The maximum atomic E-state index is 11.9. The minimum atomic E-state index is -3.46. The molecule has 0 spiro atoms. The van der Waals surface area contributed by atoms with Crippen molar-refractivity contribution >= 4 is 21.8 Å². The molecular formula is C10H19N3O2S2. The minimum Gasteiger partial charge on any atom is -0.335 e. The van der Waals surface area contributed by atoms with E-state index < -0.39 is 10.0 Å². The van der Waals surface area contributed by atoms with Crippen molar-refractivity contribution in [2.75, 3.05) is 12.8 Å². The lowest BCUT2D eigenvalue weighted by Gasteiger charge is -2.29. The first-order valence-corrected chi connectivity index (χ1v) is 8.23. The number of aromatic nitrogens is 2. The molecule has 0 bridgehead atoms. The van der Waals surface area contributed by atoms with Crippen LogP contribution in [-0.4, -0.2) is 35.9 Å². The van der Waals surface area contributed by atoms with Gasteiger partial charge in [-0.15, -0.1) is 0 Å². The van der Waals surface area contributed by atoms with Gasteiger partial charge in [-0.1, -0.05) is 13.8 Å². The number of nitrogens with one attached hydrogen (secondary N) is 2. The highest BCUT2D eigenvalue weighted by atomic mass is 32.2. The van der Waals surface area contributed by atoms with E-state index in [-0.39, 0.29) is 9.77 Å². The van der Waals surface area contributed by atoms with Crippen molar-refractivity contribution in [2.45, 2.75) is 36.5 Å². The van der Waals surface area contributed by atoms with E-state index in [1.807, 2.05) is 6.26 Å². The number of hydrogen-bond acceptors (Lipinski definition) is 4. The third-order valence-corrected chi connectivity index (χ3v) is 5.98. The molecule has 0 saturated heterocycles. The fourth-order valence-corrected chi connectivity index (χ4v) is 3.47. The van der Waals surface area contributed by atoms with Gasteiger partial charge in [0.05, 0.1) is 12.5 Å². The minimum absolute atomic E-state index is 0.0346. The van der Waals surface area contributed by atoms with Crippen LogP contribution >= 0.6 is 11.8 Å². The van der Waals surface area contributed by atoms with Crippen molar-refractivity contribution in [1.29, 1.82) is 0 Å². The third-order valence-electron chi connectivity index (χ3n) is 3.07. The summed E-state index contributed by atoms with van der Waals surface area (Å²) in [5.74, 6) is 0. The summed E-state index contributed by atoms with van der Waals surface area (Å²) in [4.78, 5) is 6.31. The number of aromatic amines is 1. The van der Waals surface area contributed by atoms with E-state index in [9.17, 15) is 8.42 Å². The number of nitrogens with zero attached hydrogens (tertiary/aromatic N) is 1. The average molecular weight is 277 g/mol. The molecule has 0 aliphatic heterocycles. The highest BCUT2D eigenvalue weighted by molar-refractivity contribution is 8.00. The Balaban J connectivity index is 2.73. The van der Waals surface area contributed by atoms with Crippen LogP contribution in [0.2, 0.25) is 0 Å². The van der Waals surface area contributed by atoms with E-state index in [1.54, 1.807) is 11.8 Å². The molecule has 0 aliphatic rings. The maximum absolute atomic E-state index is 11.9. The van der Waals surface area contributed by atoms with Crippen LogP contribution in [-0.2, 0) is 10.0 Å². The van der Waals surface area contributed by atoms with Gasteiger partial charge < -0.3 is 4.98 Å². The zero-order valence-electron chi connectivity index (χ0n) is 10.4. The molecule has 0 saturated carbocycles. The fraction of sp³-hybridized carbons (Fsp3) is 0.700. The molecular weight excluding hydrogens is 258 g/mol. The lowest BCUT2D eigenvalue weighted by atomic mass is 10.0. The lowest BCUT2D eigenvalue weighted by molar-refractivity contribution is 0.521. The Morgan fingerprint density at radius 3 is 2.53 bits per heavy atom. The summed E-state index contributed by atoms with van der Waals surface area (Å²) in [6.45, 7) is 4.58. The fourth-order valence-electron chi connectivity index (χ4n) is 1.56. The maximum Gasteiger partial charge on any atom is 0.257 e. The van der Waals surface area contributed by atoms with Crippen LogP contribution in [0, 0.1) is 0 Å². The molecule has 1 heterocycles. The molecule has 5 nitrogen and oxygen atoms in total. The van der Waals surface area contributed by atoms with Gasteiger partial charge in [0.25, 0.3) is 10.0 Å². The van der Waals surface area contributed by atoms with E-state index in [0.717, 1.165) is 12.8 Å². The number of sulfonamides is 1.